The van der Waals surface area contributed by atoms with Crippen LogP contribution in [0.15, 0.2) is 18.2 Å². The number of hydrogen-bond donors (Lipinski definition) is 1. The molecule has 0 spiro atoms. The molecule has 0 heterocycles. The van der Waals surface area contributed by atoms with Gasteiger partial charge >= 0.3 is 12.4 Å². The average Bonchev–Trinajstić information content (AvgIpc) is 2.13. The third-order valence-electron chi connectivity index (χ3n) is 2.18. The largest absolute Gasteiger partial charge is 0.417 e. The second-order valence-corrected chi connectivity index (χ2v) is 3.55. The summed E-state index contributed by atoms with van der Waals surface area (Å²) in [5.74, 6) is 0. The van der Waals surface area contributed by atoms with E-state index in [1.165, 1.54) is 6.92 Å². The summed E-state index contributed by atoms with van der Waals surface area (Å²) in [5, 5.41) is 0. The molecule has 0 bridgehead atoms. The molecule has 1 rings (SSSR count). The zero-order valence-electron chi connectivity index (χ0n) is 9.06. The predicted octanol–water partition coefficient (Wildman–Crippen LogP) is 4.17. The van der Waals surface area contributed by atoms with Gasteiger partial charge < -0.3 is 5.73 Å². The Kier molecular flexibility index (Phi) is 5.07. The Balaban J connectivity index is 0.00000289. The van der Waals surface area contributed by atoms with Gasteiger partial charge in [0.05, 0.1) is 11.1 Å². The highest BCUT2D eigenvalue weighted by Crippen LogP contribution is 2.43. The van der Waals surface area contributed by atoms with Gasteiger partial charge in [-0.05, 0) is 18.6 Å². The standard InChI is InChI=1S/C10H9F6N.ClH/c1-5(17)6-3-2-4-7(9(11,12)13)8(6)10(14,15)16;/h2-5H,17H2,1H3;1H. The van der Waals surface area contributed by atoms with E-state index in [2.05, 4.69) is 0 Å². The number of nitrogens with two attached hydrogens (primary N) is 1. The minimum atomic E-state index is -5.09. The molecule has 0 saturated heterocycles. The molecule has 0 fully saturated rings. The van der Waals surface area contributed by atoms with Gasteiger partial charge in [-0.2, -0.15) is 26.3 Å². The Bertz CT molecular complexity index is 410. The summed E-state index contributed by atoms with van der Waals surface area (Å²) < 4.78 is 75.4. The molecule has 1 unspecified atom stereocenters. The Morgan fingerprint density at radius 1 is 1.00 bits per heavy atom. The lowest BCUT2D eigenvalue weighted by Gasteiger charge is -2.20. The fourth-order valence-electron chi connectivity index (χ4n) is 1.50. The number of hydrogen-bond acceptors (Lipinski definition) is 1. The number of halogens is 7. The van der Waals surface area contributed by atoms with Crippen LogP contribution in [0.3, 0.4) is 0 Å². The van der Waals surface area contributed by atoms with Crippen molar-refractivity contribution in [3.63, 3.8) is 0 Å². The quantitative estimate of drug-likeness (QED) is 0.773. The zero-order valence-corrected chi connectivity index (χ0v) is 9.88. The Labute approximate surface area is 105 Å². The molecule has 18 heavy (non-hydrogen) atoms. The summed E-state index contributed by atoms with van der Waals surface area (Å²) in [6.45, 7) is 1.20. The van der Waals surface area contributed by atoms with Crippen LogP contribution in [0.1, 0.15) is 29.7 Å². The zero-order chi connectivity index (χ0) is 13.4. The Morgan fingerprint density at radius 2 is 1.50 bits per heavy atom. The second kappa shape index (κ2) is 5.36. The molecule has 0 aliphatic heterocycles. The molecule has 8 heteroatoms. The van der Waals surface area contributed by atoms with Gasteiger partial charge in [-0.3, -0.25) is 0 Å². The van der Waals surface area contributed by atoms with Crippen LogP contribution in [0.4, 0.5) is 26.3 Å². The molecule has 1 aromatic carbocycles. The van der Waals surface area contributed by atoms with E-state index >= 15 is 0 Å². The molecule has 1 nitrogen and oxygen atoms in total. The second-order valence-electron chi connectivity index (χ2n) is 3.55. The van der Waals surface area contributed by atoms with Gasteiger partial charge in [0.1, 0.15) is 0 Å². The SMILES string of the molecule is CC(N)c1cccc(C(F)(F)F)c1C(F)(F)F.Cl. The Morgan fingerprint density at radius 3 is 1.83 bits per heavy atom. The first-order valence-electron chi connectivity index (χ1n) is 4.58. The van der Waals surface area contributed by atoms with E-state index < -0.39 is 35.1 Å². The average molecular weight is 294 g/mol. The normalized spacial score (nSPS) is 14.0. The van der Waals surface area contributed by atoms with E-state index in [9.17, 15) is 26.3 Å². The third-order valence-corrected chi connectivity index (χ3v) is 2.18. The van der Waals surface area contributed by atoms with E-state index in [0.717, 1.165) is 12.1 Å². The van der Waals surface area contributed by atoms with Crippen molar-refractivity contribution in [3.05, 3.63) is 34.9 Å². The first-order chi connectivity index (χ1) is 7.55. The van der Waals surface area contributed by atoms with Crippen molar-refractivity contribution < 1.29 is 26.3 Å². The van der Waals surface area contributed by atoms with E-state index in [-0.39, 0.29) is 12.4 Å². The highest BCUT2D eigenvalue weighted by Gasteiger charge is 2.44. The molecular weight excluding hydrogens is 284 g/mol. The molecule has 0 aromatic heterocycles. The molecule has 0 amide bonds. The van der Waals surface area contributed by atoms with Gasteiger partial charge in [-0.15, -0.1) is 12.4 Å². The van der Waals surface area contributed by atoms with E-state index in [1.54, 1.807) is 0 Å². The predicted molar refractivity (Wildman–Crippen MR) is 56.3 cm³/mol. The van der Waals surface area contributed by atoms with Crippen molar-refractivity contribution in [2.75, 3.05) is 0 Å². The topological polar surface area (TPSA) is 26.0 Å². The minimum Gasteiger partial charge on any atom is -0.324 e. The molecule has 2 N–H and O–H groups in total. The van der Waals surface area contributed by atoms with E-state index in [1.807, 2.05) is 0 Å². The molecule has 104 valence electrons. The van der Waals surface area contributed by atoms with E-state index in [0.29, 0.717) is 6.07 Å². The maximum Gasteiger partial charge on any atom is 0.417 e. The van der Waals surface area contributed by atoms with Crippen LogP contribution in [0.25, 0.3) is 0 Å². The maximum atomic E-state index is 12.6. The van der Waals surface area contributed by atoms with Crippen molar-refractivity contribution in [2.24, 2.45) is 5.73 Å². The van der Waals surface area contributed by atoms with Crippen molar-refractivity contribution in [2.45, 2.75) is 25.3 Å². The van der Waals surface area contributed by atoms with Gasteiger partial charge in [0, 0.05) is 6.04 Å². The van der Waals surface area contributed by atoms with Crippen molar-refractivity contribution in [3.8, 4) is 0 Å². The molecule has 0 radical (unpaired) electrons. The fourth-order valence-corrected chi connectivity index (χ4v) is 1.50. The summed E-state index contributed by atoms with van der Waals surface area (Å²) in [6, 6.07) is 1.13. The first-order valence-corrected chi connectivity index (χ1v) is 4.58. The molecule has 1 aromatic rings. The summed E-state index contributed by atoms with van der Waals surface area (Å²) in [5.41, 5.74) is 1.28. The highest BCUT2D eigenvalue weighted by atomic mass is 35.5. The summed E-state index contributed by atoms with van der Waals surface area (Å²) in [4.78, 5) is 0. The number of rotatable bonds is 1. The highest BCUT2D eigenvalue weighted by molar-refractivity contribution is 5.85. The minimum absolute atomic E-state index is 0. The molecule has 1 atom stereocenters. The molecule has 0 aliphatic rings. The van der Waals surface area contributed by atoms with Crippen molar-refractivity contribution in [1.82, 2.24) is 0 Å². The van der Waals surface area contributed by atoms with Crippen LogP contribution in [-0.4, -0.2) is 0 Å². The summed E-state index contributed by atoms with van der Waals surface area (Å²) in [6.07, 6.45) is -10.1. The first kappa shape index (κ1) is 17.1. The molecule has 0 aliphatic carbocycles. The lowest BCUT2D eigenvalue weighted by molar-refractivity contribution is -0.162. The van der Waals surface area contributed by atoms with Gasteiger partial charge in [0.15, 0.2) is 0 Å². The fraction of sp³-hybridized carbons (Fsp3) is 0.400. The molecular formula is C10H10ClF6N. The van der Waals surface area contributed by atoms with Crippen LogP contribution >= 0.6 is 12.4 Å². The Hall–Kier alpha value is -0.950. The van der Waals surface area contributed by atoms with Crippen LogP contribution < -0.4 is 5.73 Å². The van der Waals surface area contributed by atoms with Crippen LogP contribution in [0.5, 0.6) is 0 Å². The lowest BCUT2D eigenvalue weighted by Crippen LogP contribution is -2.21. The van der Waals surface area contributed by atoms with Gasteiger partial charge in [-0.25, -0.2) is 0 Å². The lowest BCUT2D eigenvalue weighted by atomic mass is 9.96. The van der Waals surface area contributed by atoms with Crippen molar-refractivity contribution in [1.29, 1.82) is 0 Å². The molecule has 0 saturated carbocycles. The number of benzene rings is 1. The van der Waals surface area contributed by atoms with Crippen molar-refractivity contribution >= 4 is 12.4 Å². The smallest absolute Gasteiger partial charge is 0.324 e. The van der Waals surface area contributed by atoms with Crippen LogP contribution in [-0.2, 0) is 12.4 Å². The number of alkyl halides is 6. The van der Waals surface area contributed by atoms with Gasteiger partial charge in [0.25, 0.3) is 0 Å². The third kappa shape index (κ3) is 3.52. The summed E-state index contributed by atoms with van der Waals surface area (Å²) >= 11 is 0. The summed E-state index contributed by atoms with van der Waals surface area (Å²) in [7, 11) is 0. The van der Waals surface area contributed by atoms with Gasteiger partial charge in [-0.1, -0.05) is 12.1 Å². The monoisotopic (exact) mass is 293 g/mol. The van der Waals surface area contributed by atoms with Gasteiger partial charge in [0.2, 0.25) is 0 Å². The maximum absolute atomic E-state index is 12.6. The van der Waals surface area contributed by atoms with E-state index in [4.69, 9.17) is 5.73 Å². The van der Waals surface area contributed by atoms with Crippen LogP contribution in [0.2, 0.25) is 0 Å². The van der Waals surface area contributed by atoms with Crippen LogP contribution in [0, 0.1) is 0 Å².